The van der Waals surface area contributed by atoms with Crippen LogP contribution in [0.5, 0.6) is 0 Å². The molecule has 13 heavy (non-hydrogen) atoms. The first-order chi connectivity index (χ1) is 6.02. The van der Waals surface area contributed by atoms with Gasteiger partial charge in [0.05, 0.1) is 5.69 Å². The highest BCUT2D eigenvalue weighted by Gasteiger charge is 2.09. The number of nitrogens with two attached hydrogens (primary N) is 1. The van der Waals surface area contributed by atoms with Gasteiger partial charge >= 0.3 is 0 Å². The van der Waals surface area contributed by atoms with Gasteiger partial charge in [-0.2, -0.15) is 0 Å². The monoisotopic (exact) mass is 293 g/mol. The number of hydrogen-bond acceptors (Lipinski definition) is 1. The van der Waals surface area contributed by atoms with Crippen LogP contribution in [0, 0.1) is 14.8 Å². The molecule has 0 bridgehead atoms. The van der Waals surface area contributed by atoms with Gasteiger partial charge in [-0.1, -0.05) is 0 Å². The van der Waals surface area contributed by atoms with E-state index in [1.54, 1.807) is 19.2 Å². The highest BCUT2D eigenvalue weighted by atomic mass is 127. The Balaban J connectivity index is 3.08. The van der Waals surface area contributed by atoms with Crippen molar-refractivity contribution in [1.29, 1.82) is 5.41 Å². The summed E-state index contributed by atoms with van der Waals surface area (Å²) in [7, 11) is 1.55. The molecule has 0 aromatic heterocycles. The summed E-state index contributed by atoms with van der Waals surface area (Å²) >= 11 is 2.02. The van der Waals surface area contributed by atoms with Gasteiger partial charge in [0.25, 0.3) is 0 Å². The molecule has 0 heterocycles. The van der Waals surface area contributed by atoms with Crippen molar-refractivity contribution in [2.45, 2.75) is 0 Å². The van der Waals surface area contributed by atoms with E-state index in [4.69, 9.17) is 11.1 Å². The van der Waals surface area contributed by atoms with Crippen molar-refractivity contribution in [1.82, 2.24) is 0 Å². The van der Waals surface area contributed by atoms with Gasteiger partial charge in [0.15, 0.2) is 5.96 Å². The largest absolute Gasteiger partial charge is 0.370 e. The molecule has 0 radical (unpaired) electrons. The van der Waals surface area contributed by atoms with Gasteiger partial charge in [0.2, 0.25) is 0 Å². The molecule has 0 aliphatic heterocycles. The first-order valence-electron chi connectivity index (χ1n) is 3.55. The lowest BCUT2D eigenvalue weighted by Crippen LogP contribution is -2.33. The molecule has 0 aliphatic rings. The topological polar surface area (TPSA) is 53.1 Å². The van der Waals surface area contributed by atoms with E-state index in [1.807, 2.05) is 22.6 Å². The third kappa shape index (κ3) is 2.30. The van der Waals surface area contributed by atoms with Crippen LogP contribution in [-0.4, -0.2) is 13.0 Å². The van der Waals surface area contributed by atoms with E-state index >= 15 is 0 Å². The summed E-state index contributed by atoms with van der Waals surface area (Å²) in [5, 5.41) is 7.12. The van der Waals surface area contributed by atoms with E-state index in [1.165, 1.54) is 11.0 Å². The fourth-order valence-electron chi connectivity index (χ4n) is 0.883. The van der Waals surface area contributed by atoms with Crippen LogP contribution in [0.15, 0.2) is 18.2 Å². The van der Waals surface area contributed by atoms with E-state index in [0.717, 1.165) is 3.57 Å². The van der Waals surface area contributed by atoms with Gasteiger partial charge in [-0.05, 0) is 40.8 Å². The van der Waals surface area contributed by atoms with E-state index < -0.39 is 0 Å². The maximum absolute atomic E-state index is 13.3. The summed E-state index contributed by atoms with van der Waals surface area (Å²) in [4.78, 5) is 1.28. The van der Waals surface area contributed by atoms with Crippen LogP contribution in [0.25, 0.3) is 0 Å². The summed E-state index contributed by atoms with van der Waals surface area (Å²) in [6, 6.07) is 4.76. The average molecular weight is 293 g/mol. The molecule has 0 amide bonds. The number of nitrogens with zero attached hydrogens (tertiary/aromatic N) is 1. The Kier molecular flexibility index (Phi) is 3.07. The summed E-state index contributed by atoms with van der Waals surface area (Å²) in [5.74, 6) is -0.551. The standard InChI is InChI=1S/C8H9FIN3/c1-13(8(11)12)7-3-2-5(10)4-6(7)9/h2-4H,1H3,(H3,11,12). The van der Waals surface area contributed by atoms with Crippen LogP contribution in [0.2, 0.25) is 0 Å². The predicted molar refractivity (Wildman–Crippen MR) is 59.4 cm³/mol. The number of hydrogen-bond donors (Lipinski definition) is 2. The zero-order chi connectivity index (χ0) is 10.0. The molecule has 0 fully saturated rings. The summed E-state index contributed by atoms with van der Waals surface area (Å²) in [6.45, 7) is 0. The van der Waals surface area contributed by atoms with Gasteiger partial charge in [0.1, 0.15) is 5.82 Å². The highest BCUT2D eigenvalue weighted by molar-refractivity contribution is 14.1. The molecule has 1 aromatic rings. The van der Waals surface area contributed by atoms with E-state index in [9.17, 15) is 4.39 Å². The van der Waals surface area contributed by atoms with Crippen LogP contribution in [0.3, 0.4) is 0 Å². The molecular weight excluding hydrogens is 284 g/mol. The number of benzene rings is 1. The lowest BCUT2D eigenvalue weighted by Gasteiger charge is -2.17. The quantitative estimate of drug-likeness (QED) is 0.471. The fourth-order valence-corrected chi connectivity index (χ4v) is 1.34. The average Bonchev–Trinajstić information content (AvgIpc) is 2.03. The first kappa shape index (κ1) is 10.2. The first-order valence-corrected chi connectivity index (χ1v) is 4.63. The van der Waals surface area contributed by atoms with Crippen molar-refractivity contribution in [2.24, 2.45) is 5.73 Å². The van der Waals surface area contributed by atoms with Gasteiger partial charge in [-0.3, -0.25) is 5.41 Å². The van der Waals surface area contributed by atoms with Crippen molar-refractivity contribution in [2.75, 3.05) is 11.9 Å². The molecule has 0 spiro atoms. The van der Waals surface area contributed by atoms with Crippen molar-refractivity contribution in [3.05, 3.63) is 27.6 Å². The molecular formula is C8H9FIN3. The molecule has 0 aliphatic carbocycles. The maximum atomic E-state index is 13.3. The highest BCUT2D eigenvalue weighted by Crippen LogP contribution is 2.19. The SMILES string of the molecule is CN(C(=N)N)c1ccc(I)cc1F. The van der Waals surface area contributed by atoms with Crippen LogP contribution in [-0.2, 0) is 0 Å². The second kappa shape index (κ2) is 3.91. The molecule has 3 N–H and O–H groups in total. The van der Waals surface area contributed by atoms with Gasteiger partial charge < -0.3 is 10.6 Å². The number of anilines is 1. The number of guanidine groups is 1. The molecule has 5 heteroatoms. The summed E-state index contributed by atoms with van der Waals surface area (Å²) in [6.07, 6.45) is 0. The van der Waals surface area contributed by atoms with Crippen molar-refractivity contribution >= 4 is 34.2 Å². The van der Waals surface area contributed by atoms with Crippen molar-refractivity contribution < 1.29 is 4.39 Å². The minimum absolute atomic E-state index is 0.180. The number of rotatable bonds is 1. The third-order valence-corrected chi connectivity index (χ3v) is 2.30. The Labute approximate surface area is 89.4 Å². The summed E-state index contributed by atoms with van der Waals surface area (Å²) in [5.41, 5.74) is 5.53. The molecule has 1 rings (SSSR count). The minimum Gasteiger partial charge on any atom is -0.370 e. The third-order valence-electron chi connectivity index (χ3n) is 1.63. The van der Waals surface area contributed by atoms with Crippen LogP contribution in [0.4, 0.5) is 10.1 Å². The Bertz CT molecular complexity index is 340. The second-order valence-corrected chi connectivity index (χ2v) is 3.79. The molecule has 70 valence electrons. The van der Waals surface area contributed by atoms with Crippen molar-refractivity contribution in [3.63, 3.8) is 0 Å². The lowest BCUT2D eigenvalue weighted by atomic mass is 10.3. The second-order valence-electron chi connectivity index (χ2n) is 2.54. The molecule has 0 atom stereocenters. The maximum Gasteiger partial charge on any atom is 0.192 e. The van der Waals surface area contributed by atoms with Gasteiger partial charge in [-0.15, -0.1) is 0 Å². The normalized spacial score (nSPS) is 9.77. The van der Waals surface area contributed by atoms with Crippen LogP contribution >= 0.6 is 22.6 Å². The van der Waals surface area contributed by atoms with Crippen LogP contribution < -0.4 is 10.6 Å². The molecule has 0 unspecified atom stereocenters. The Morgan fingerprint density at radius 2 is 2.23 bits per heavy atom. The molecule has 0 saturated heterocycles. The van der Waals surface area contributed by atoms with E-state index in [-0.39, 0.29) is 11.8 Å². The lowest BCUT2D eigenvalue weighted by molar-refractivity contribution is 0.627. The number of nitrogens with one attached hydrogen (secondary N) is 1. The van der Waals surface area contributed by atoms with E-state index in [0.29, 0.717) is 5.69 Å². The molecule has 0 saturated carbocycles. The minimum atomic E-state index is -0.371. The van der Waals surface area contributed by atoms with Gasteiger partial charge in [0, 0.05) is 10.6 Å². The van der Waals surface area contributed by atoms with E-state index in [2.05, 4.69) is 0 Å². The molecule has 1 aromatic carbocycles. The smallest absolute Gasteiger partial charge is 0.192 e. The predicted octanol–water partition coefficient (Wildman–Crippen LogP) is 1.76. The number of halogens is 2. The Morgan fingerprint density at radius 1 is 1.62 bits per heavy atom. The van der Waals surface area contributed by atoms with Crippen LogP contribution in [0.1, 0.15) is 0 Å². The van der Waals surface area contributed by atoms with Crippen molar-refractivity contribution in [3.8, 4) is 0 Å². The zero-order valence-corrected chi connectivity index (χ0v) is 9.17. The molecule has 3 nitrogen and oxygen atoms in total. The Hall–Kier alpha value is -0.850. The summed E-state index contributed by atoms with van der Waals surface area (Å²) < 4.78 is 14.1. The zero-order valence-electron chi connectivity index (χ0n) is 7.01. The van der Waals surface area contributed by atoms with Gasteiger partial charge in [-0.25, -0.2) is 4.39 Å². The fraction of sp³-hybridized carbons (Fsp3) is 0.125. The Morgan fingerprint density at radius 3 is 2.69 bits per heavy atom.